The first-order valence-electron chi connectivity index (χ1n) is 9.42. The number of anilines is 3. The fraction of sp³-hybridized carbons (Fsp3) is 0.450. The molecule has 0 amide bonds. The molecule has 2 aliphatic heterocycles. The van der Waals surface area contributed by atoms with Gasteiger partial charge in [-0.15, -0.1) is 0 Å². The molecule has 140 valence electrons. The van der Waals surface area contributed by atoms with Crippen molar-refractivity contribution in [2.24, 2.45) is 0 Å². The van der Waals surface area contributed by atoms with E-state index in [0.717, 1.165) is 81.2 Å². The highest BCUT2D eigenvalue weighted by Crippen LogP contribution is 2.24. The van der Waals surface area contributed by atoms with Gasteiger partial charge in [0.2, 0.25) is 5.95 Å². The van der Waals surface area contributed by atoms with Crippen molar-refractivity contribution in [2.45, 2.75) is 6.92 Å². The predicted molar refractivity (Wildman–Crippen MR) is 105 cm³/mol. The van der Waals surface area contributed by atoms with E-state index in [1.807, 2.05) is 31.2 Å². The van der Waals surface area contributed by atoms with Gasteiger partial charge in [0.1, 0.15) is 11.9 Å². The number of para-hydroxylation sites is 1. The van der Waals surface area contributed by atoms with Crippen LogP contribution in [0, 0.1) is 18.3 Å². The number of ether oxygens (including phenoxy) is 1. The van der Waals surface area contributed by atoms with Crippen LogP contribution in [-0.4, -0.2) is 62.5 Å². The number of nitrogens with zero attached hydrogens (tertiary/aromatic N) is 6. The quantitative estimate of drug-likeness (QED) is 0.823. The maximum atomic E-state index is 9.35. The second-order valence-corrected chi connectivity index (χ2v) is 6.87. The molecule has 3 heterocycles. The van der Waals surface area contributed by atoms with Crippen molar-refractivity contribution in [3.05, 3.63) is 41.6 Å². The van der Waals surface area contributed by atoms with Crippen LogP contribution in [0.2, 0.25) is 0 Å². The summed E-state index contributed by atoms with van der Waals surface area (Å²) in [6.45, 7) is 8.63. The molecular weight excluding hydrogens is 340 g/mol. The minimum Gasteiger partial charge on any atom is -0.378 e. The van der Waals surface area contributed by atoms with Crippen molar-refractivity contribution in [3.8, 4) is 6.07 Å². The van der Waals surface area contributed by atoms with Gasteiger partial charge in [-0.1, -0.05) is 12.1 Å². The highest BCUT2D eigenvalue weighted by Gasteiger charge is 2.22. The Labute approximate surface area is 159 Å². The smallest absolute Gasteiger partial charge is 0.227 e. The Morgan fingerprint density at radius 2 is 1.63 bits per heavy atom. The van der Waals surface area contributed by atoms with E-state index >= 15 is 0 Å². The third kappa shape index (κ3) is 3.81. The molecule has 4 rings (SSSR count). The molecule has 2 aliphatic rings. The van der Waals surface area contributed by atoms with Gasteiger partial charge in [-0.25, -0.2) is 4.98 Å². The van der Waals surface area contributed by atoms with E-state index in [1.54, 1.807) is 0 Å². The predicted octanol–water partition coefficient (Wildman–Crippen LogP) is 1.82. The Balaban J connectivity index is 1.48. The number of nitriles is 1. The van der Waals surface area contributed by atoms with E-state index in [4.69, 9.17) is 9.72 Å². The summed E-state index contributed by atoms with van der Waals surface area (Å²) in [5, 5.41) is 9.35. The second-order valence-electron chi connectivity index (χ2n) is 6.87. The molecule has 7 nitrogen and oxygen atoms in total. The van der Waals surface area contributed by atoms with E-state index < -0.39 is 0 Å². The van der Waals surface area contributed by atoms with Crippen molar-refractivity contribution in [1.82, 2.24) is 9.97 Å². The first-order valence-corrected chi connectivity index (χ1v) is 9.42. The lowest BCUT2D eigenvalue weighted by molar-refractivity contribution is 0.122. The zero-order chi connectivity index (χ0) is 18.6. The molecule has 27 heavy (non-hydrogen) atoms. The first-order chi connectivity index (χ1) is 13.2. The highest BCUT2D eigenvalue weighted by atomic mass is 16.5. The molecule has 1 aromatic heterocycles. The molecule has 0 bridgehead atoms. The number of aryl methyl sites for hydroxylation is 1. The molecule has 2 saturated heterocycles. The molecule has 0 N–H and O–H groups in total. The molecular formula is C20H24N6O. The maximum absolute atomic E-state index is 9.35. The Bertz CT molecular complexity index is 835. The molecule has 0 atom stereocenters. The van der Waals surface area contributed by atoms with Gasteiger partial charge in [0.25, 0.3) is 0 Å². The topological polar surface area (TPSA) is 68.5 Å². The number of rotatable bonds is 3. The van der Waals surface area contributed by atoms with Crippen LogP contribution < -0.4 is 14.7 Å². The van der Waals surface area contributed by atoms with Gasteiger partial charge in [-0.2, -0.15) is 10.2 Å². The second kappa shape index (κ2) is 7.80. The molecule has 2 fully saturated rings. The summed E-state index contributed by atoms with van der Waals surface area (Å²) < 4.78 is 5.43. The van der Waals surface area contributed by atoms with E-state index in [0.29, 0.717) is 0 Å². The van der Waals surface area contributed by atoms with Crippen molar-refractivity contribution < 1.29 is 4.74 Å². The van der Waals surface area contributed by atoms with Gasteiger partial charge in [0, 0.05) is 51.0 Å². The number of hydrogen-bond acceptors (Lipinski definition) is 7. The first kappa shape index (κ1) is 17.6. The Hall–Kier alpha value is -2.85. The molecule has 7 heteroatoms. The van der Waals surface area contributed by atoms with Crippen LogP contribution in [-0.2, 0) is 4.74 Å². The Morgan fingerprint density at radius 3 is 2.37 bits per heavy atom. The van der Waals surface area contributed by atoms with Crippen molar-refractivity contribution in [1.29, 1.82) is 5.26 Å². The van der Waals surface area contributed by atoms with Crippen molar-refractivity contribution in [3.63, 3.8) is 0 Å². The van der Waals surface area contributed by atoms with E-state index in [2.05, 4.69) is 31.8 Å². The summed E-state index contributed by atoms with van der Waals surface area (Å²) in [6, 6.07) is 12.2. The maximum Gasteiger partial charge on any atom is 0.227 e. The van der Waals surface area contributed by atoms with Gasteiger partial charge in [0.15, 0.2) is 0 Å². The zero-order valence-electron chi connectivity index (χ0n) is 15.6. The minimum absolute atomic E-state index is 0.726. The van der Waals surface area contributed by atoms with Crippen molar-refractivity contribution in [2.75, 3.05) is 67.2 Å². The van der Waals surface area contributed by atoms with Gasteiger partial charge < -0.3 is 19.4 Å². The van der Waals surface area contributed by atoms with Crippen LogP contribution in [0.15, 0.2) is 30.3 Å². The summed E-state index contributed by atoms with van der Waals surface area (Å²) in [5.41, 5.74) is 2.74. The van der Waals surface area contributed by atoms with Crippen LogP contribution >= 0.6 is 0 Å². The summed E-state index contributed by atoms with van der Waals surface area (Å²) in [4.78, 5) is 16.2. The number of morpholine rings is 1. The molecule has 0 aliphatic carbocycles. The van der Waals surface area contributed by atoms with Gasteiger partial charge in [-0.3, -0.25) is 0 Å². The van der Waals surface area contributed by atoms with Crippen LogP contribution in [0.4, 0.5) is 17.5 Å². The fourth-order valence-electron chi connectivity index (χ4n) is 3.62. The summed E-state index contributed by atoms with van der Waals surface area (Å²) in [6.07, 6.45) is 0. The lowest BCUT2D eigenvalue weighted by Gasteiger charge is -2.37. The Morgan fingerprint density at radius 1 is 0.926 bits per heavy atom. The molecule has 2 aromatic rings. The SMILES string of the molecule is Cc1cc(N2CCN(c3ccccc3C#N)CC2)nc(N2CCOCC2)n1. The minimum atomic E-state index is 0.726. The molecule has 0 spiro atoms. The average molecular weight is 364 g/mol. The number of hydrogen-bond donors (Lipinski definition) is 0. The lowest BCUT2D eigenvalue weighted by atomic mass is 10.1. The monoisotopic (exact) mass is 364 g/mol. The normalized spacial score (nSPS) is 17.7. The molecule has 0 saturated carbocycles. The summed E-state index contributed by atoms with van der Waals surface area (Å²) in [7, 11) is 0. The average Bonchev–Trinajstić information content (AvgIpc) is 2.74. The van der Waals surface area contributed by atoms with E-state index in [1.165, 1.54) is 0 Å². The molecule has 0 radical (unpaired) electrons. The number of piperazine rings is 1. The molecule has 1 aromatic carbocycles. The standard InChI is InChI=1S/C20H24N6O/c1-16-14-19(23-20(22-16)26-10-12-27-13-11-26)25-8-6-24(7-9-25)18-5-3-2-4-17(18)15-21/h2-5,14H,6-13H2,1H3. The van der Waals surface area contributed by atoms with Gasteiger partial charge in [0.05, 0.1) is 24.5 Å². The summed E-state index contributed by atoms with van der Waals surface area (Å²) in [5.74, 6) is 1.78. The Kier molecular flexibility index (Phi) is 5.07. The summed E-state index contributed by atoms with van der Waals surface area (Å²) >= 11 is 0. The third-order valence-corrected chi connectivity index (χ3v) is 5.09. The van der Waals surface area contributed by atoms with Crippen LogP contribution in [0.5, 0.6) is 0 Å². The fourth-order valence-corrected chi connectivity index (χ4v) is 3.62. The number of aromatic nitrogens is 2. The molecule has 0 unspecified atom stereocenters. The zero-order valence-corrected chi connectivity index (χ0v) is 15.6. The lowest BCUT2D eigenvalue weighted by Crippen LogP contribution is -2.47. The van der Waals surface area contributed by atoms with Gasteiger partial charge in [-0.05, 0) is 19.1 Å². The third-order valence-electron chi connectivity index (χ3n) is 5.09. The van der Waals surface area contributed by atoms with E-state index in [-0.39, 0.29) is 0 Å². The van der Waals surface area contributed by atoms with E-state index in [9.17, 15) is 5.26 Å². The van der Waals surface area contributed by atoms with Crippen LogP contribution in [0.1, 0.15) is 11.3 Å². The largest absolute Gasteiger partial charge is 0.378 e. The van der Waals surface area contributed by atoms with Crippen LogP contribution in [0.3, 0.4) is 0 Å². The van der Waals surface area contributed by atoms with Crippen molar-refractivity contribution >= 4 is 17.5 Å². The number of benzene rings is 1. The highest BCUT2D eigenvalue weighted by molar-refractivity contribution is 5.60. The van der Waals surface area contributed by atoms with Gasteiger partial charge >= 0.3 is 0 Å². The van der Waals surface area contributed by atoms with Crippen LogP contribution in [0.25, 0.3) is 0 Å².